The Labute approximate surface area is 83.5 Å². The van der Waals surface area contributed by atoms with Gasteiger partial charge in [0.2, 0.25) is 0 Å². The Morgan fingerprint density at radius 3 is 2.36 bits per heavy atom. The van der Waals surface area contributed by atoms with Crippen molar-refractivity contribution in [2.75, 3.05) is 0 Å². The molecule has 2 fully saturated rings. The summed E-state index contributed by atoms with van der Waals surface area (Å²) < 4.78 is 0. The van der Waals surface area contributed by atoms with Gasteiger partial charge in [0, 0.05) is 5.92 Å². The van der Waals surface area contributed by atoms with Crippen LogP contribution in [0.15, 0.2) is 0 Å². The van der Waals surface area contributed by atoms with Gasteiger partial charge in [-0.15, -0.1) is 0 Å². The van der Waals surface area contributed by atoms with E-state index in [9.17, 15) is 14.7 Å². The first-order valence-corrected chi connectivity index (χ1v) is 5.13. The molecule has 0 saturated heterocycles. The highest BCUT2D eigenvalue weighted by molar-refractivity contribution is 6.07. The first-order chi connectivity index (χ1) is 6.35. The minimum Gasteiger partial charge on any atom is -0.480 e. The minimum atomic E-state index is -1.09. The Bertz CT molecular complexity index is 318. The fourth-order valence-electron chi connectivity index (χ4n) is 3.75. The maximum atomic E-state index is 12.0. The number of fused-ring (bicyclic) bond motifs is 2. The number of aliphatic carboxylic acids is 1. The average Bonchev–Trinajstić information content (AvgIpc) is 2.41. The fraction of sp³-hybridized carbons (Fsp3) is 0.818. The van der Waals surface area contributed by atoms with Gasteiger partial charge in [-0.3, -0.25) is 9.59 Å². The van der Waals surface area contributed by atoms with E-state index in [1.54, 1.807) is 0 Å². The summed E-state index contributed by atoms with van der Waals surface area (Å²) in [4.78, 5) is 23.3. The smallest absolute Gasteiger partial charge is 0.317 e. The van der Waals surface area contributed by atoms with Crippen molar-refractivity contribution in [3.63, 3.8) is 0 Å². The van der Waals surface area contributed by atoms with E-state index < -0.39 is 11.4 Å². The van der Waals surface area contributed by atoms with Gasteiger partial charge in [-0.1, -0.05) is 20.8 Å². The monoisotopic (exact) mass is 196 g/mol. The van der Waals surface area contributed by atoms with Gasteiger partial charge in [-0.05, 0) is 24.2 Å². The summed E-state index contributed by atoms with van der Waals surface area (Å²) in [5.41, 5.74) is -1.45. The molecule has 0 heterocycles. The van der Waals surface area contributed by atoms with E-state index in [4.69, 9.17) is 0 Å². The second-order valence-electron chi connectivity index (χ2n) is 5.23. The Kier molecular flexibility index (Phi) is 1.65. The van der Waals surface area contributed by atoms with Gasteiger partial charge in [0.1, 0.15) is 5.41 Å². The van der Waals surface area contributed by atoms with Crippen LogP contribution in [0.3, 0.4) is 0 Å². The summed E-state index contributed by atoms with van der Waals surface area (Å²) in [5, 5.41) is 9.29. The molecule has 1 unspecified atom stereocenters. The fourth-order valence-corrected chi connectivity index (χ4v) is 3.75. The molecule has 14 heavy (non-hydrogen) atoms. The van der Waals surface area contributed by atoms with Crippen LogP contribution in [0.25, 0.3) is 0 Å². The molecule has 3 nitrogen and oxygen atoms in total. The maximum absolute atomic E-state index is 12.0. The van der Waals surface area contributed by atoms with Crippen LogP contribution in [0.5, 0.6) is 0 Å². The molecule has 0 amide bonds. The highest BCUT2D eigenvalue weighted by Crippen LogP contribution is 2.65. The molecule has 3 heteroatoms. The van der Waals surface area contributed by atoms with Crippen LogP contribution in [-0.4, -0.2) is 16.9 Å². The van der Waals surface area contributed by atoms with Crippen LogP contribution < -0.4 is 0 Å². The molecule has 0 spiro atoms. The lowest BCUT2D eigenvalue weighted by Gasteiger charge is -2.31. The molecule has 0 aromatic rings. The maximum Gasteiger partial charge on any atom is 0.317 e. The van der Waals surface area contributed by atoms with Crippen molar-refractivity contribution in [1.29, 1.82) is 0 Å². The molecule has 0 aromatic carbocycles. The van der Waals surface area contributed by atoms with Crippen LogP contribution in [-0.2, 0) is 9.59 Å². The summed E-state index contributed by atoms with van der Waals surface area (Å²) in [7, 11) is 0. The van der Waals surface area contributed by atoms with Crippen molar-refractivity contribution < 1.29 is 14.7 Å². The van der Waals surface area contributed by atoms with Gasteiger partial charge in [-0.25, -0.2) is 0 Å². The molecule has 0 radical (unpaired) electrons. The summed E-state index contributed by atoms with van der Waals surface area (Å²) in [6.07, 6.45) is 1.41. The molecule has 3 atom stereocenters. The molecule has 78 valence electrons. The minimum absolute atomic E-state index is 0.0498. The number of Topliss-reactive ketones (excluding diaryl/α,β-unsaturated/α-hetero) is 1. The first kappa shape index (κ1) is 9.69. The number of hydrogen-bond acceptors (Lipinski definition) is 2. The highest BCUT2D eigenvalue weighted by Gasteiger charge is 2.71. The molecule has 0 aromatic heterocycles. The quantitative estimate of drug-likeness (QED) is 0.649. The van der Waals surface area contributed by atoms with Gasteiger partial charge in [-0.2, -0.15) is 0 Å². The van der Waals surface area contributed by atoms with E-state index in [1.165, 1.54) is 0 Å². The van der Waals surface area contributed by atoms with Crippen molar-refractivity contribution in [3.05, 3.63) is 0 Å². The average molecular weight is 196 g/mol. The molecule has 2 saturated carbocycles. The zero-order valence-corrected chi connectivity index (χ0v) is 8.83. The van der Waals surface area contributed by atoms with Gasteiger partial charge >= 0.3 is 5.97 Å². The number of carbonyl (C=O) groups excluding carboxylic acids is 1. The standard InChI is InChI=1S/C11H16O3/c1-6-7-4-5-11(8(6)12,9(13)14)10(7,2)3/h6-7H,4-5H2,1-3H3,(H,13,14)/t6?,7-,11+/m1/s1. The zero-order valence-electron chi connectivity index (χ0n) is 8.83. The second-order valence-corrected chi connectivity index (χ2v) is 5.23. The van der Waals surface area contributed by atoms with E-state index >= 15 is 0 Å². The zero-order chi connectivity index (χ0) is 10.7. The SMILES string of the molecule is CC1C(=O)[C@]2(C(=O)O)CC[C@H]1C2(C)C. The first-order valence-electron chi connectivity index (χ1n) is 5.13. The number of rotatable bonds is 1. The molecule has 2 aliphatic rings. The van der Waals surface area contributed by atoms with Crippen LogP contribution >= 0.6 is 0 Å². The molecule has 2 rings (SSSR count). The third kappa shape index (κ3) is 0.711. The van der Waals surface area contributed by atoms with Crippen molar-refractivity contribution in [1.82, 2.24) is 0 Å². The number of carboxylic acid groups (broad SMARTS) is 1. The Morgan fingerprint density at radius 1 is 1.50 bits per heavy atom. The molecular weight excluding hydrogens is 180 g/mol. The Morgan fingerprint density at radius 2 is 2.07 bits per heavy atom. The molecule has 2 aliphatic carbocycles. The lowest BCUT2D eigenvalue weighted by Crippen LogP contribution is -2.44. The van der Waals surface area contributed by atoms with Gasteiger partial charge in [0.05, 0.1) is 0 Å². The highest BCUT2D eigenvalue weighted by atomic mass is 16.4. The van der Waals surface area contributed by atoms with Gasteiger partial charge in [0.15, 0.2) is 5.78 Å². The summed E-state index contributed by atoms with van der Waals surface area (Å²) in [6.45, 7) is 5.74. The molecule has 0 aliphatic heterocycles. The van der Waals surface area contributed by atoms with Crippen molar-refractivity contribution in [2.45, 2.75) is 33.6 Å². The number of carboxylic acids is 1. The normalized spacial score (nSPS) is 44.4. The van der Waals surface area contributed by atoms with Crippen LogP contribution in [0.4, 0.5) is 0 Å². The molecule has 2 bridgehead atoms. The number of hydrogen-bond donors (Lipinski definition) is 1. The van der Waals surface area contributed by atoms with E-state index in [1.807, 2.05) is 20.8 Å². The van der Waals surface area contributed by atoms with Crippen LogP contribution in [0.2, 0.25) is 0 Å². The van der Waals surface area contributed by atoms with Crippen molar-refractivity contribution in [2.24, 2.45) is 22.7 Å². The van der Waals surface area contributed by atoms with Crippen LogP contribution in [0.1, 0.15) is 33.6 Å². The molecule has 1 N–H and O–H groups in total. The lowest BCUT2D eigenvalue weighted by molar-refractivity contribution is -0.159. The largest absolute Gasteiger partial charge is 0.480 e. The van der Waals surface area contributed by atoms with E-state index in [0.29, 0.717) is 6.42 Å². The Balaban J connectivity index is 2.59. The second kappa shape index (κ2) is 2.38. The van der Waals surface area contributed by atoms with Gasteiger partial charge in [0.25, 0.3) is 0 Å². The summed E-state index contributed by atoms with van der Waals surface area (Å²) in [5.74, 6) is -0.786. The predicted octanol–water partition coefficient (Wildman–Crippen LogP) is 1.71. The Hall–Kier alpha value is -0.860. The van der Waals surface area contributed by atoms with Crippen molar-refractivity contribution in [3.8, 4) is 0 Å². The third-order valence-electron chi connectivity index (χ3n) is 4.66. The van der Waals surface area contributed by atoms with Crippen molar-refractivity contribution >= 4 is 11.8 Å². The number of ketones is 1. The van der Waals surface area contributed by atoms with E-state index in [-0.39, 0.29) is 23.0 Å². The van der Waals surface area contributed by atoms with Gasteiger partial charge < -0.3 is 5.11 Å². The predicted molar refractivity (Wildman–Crippen MR) is 50.7 cm³/mol. The van der Waals surface area contributed by atoms with E-state index in [0.717, 1.165) is 6.42 Å². The van der Waals surface area contributed by atoms with Crippen LogP contribution in [0, 0.1) is 22.7 Å². The number of carbonyl (C=O) groups is 2. The molecular formula is C11H16O3. The third-order valence-corrected chi connectivity index (χ3v) is 4.66. The lowest BCUT2D eigenvalue weighted by atomic mass is 9.69. The van der Waals surface area contributed by atoms with E-state index in [2.05, 4.69) is 0 Å². The summed E-state index contributed by atoms with van der Waals surface area (Å²) >= 11 is 0. The topological polar surface area (TPSA) is 54.4 Å². The summed E-state index contributed by atoms with van der Waals surface area (Å²) in [6, 6.07) is 0.